The number of rotatable bonds is 56. The first-order chi connectivity index (χ1) is 35.0. The molecule has 0 aromatic carbocycles. The summed E-state index contributed by atoms with van der Waals surface area (Å²) in [6.07, 6.45) is 75.0. The summed E-state index contributed by atoms with van der Waals surface area (Å²) in [6.45, 7) is 6.60. The van der Waals surface area contributed by atoms with Crippen LogP contribution in [-0.2, 0) is 28.6 Å². The molecule has 0 aliphatic carbocycles. The standard InChI is InChI=1S/C65H116O6/c1-4-7-10-13-16-19-22-25-27-29-31-32-34-36-38-41-44-47-50-53-56-59-65(68)71-62(60-69-63(66)57-54-51-48-45-42-39-24-21-18-15-12-9-6-3)61-70-64(67)58-55-52-49-46-43-40-37-35-33-30-28-26-23-20-17-14-11-8-5-2/h17,20-21,24,26,28,33,35,40,43,62H,4-16,18-19,22-23,25,27,29-32,34,36-39,41-42,44-61H2,1-3H3/b20-17-,24-21-,28-26-,35-33-,43-40-/t62-/m0/s1. The maximum atomic E-state index is 12.9. The largest absolute Gasteiger partial charge is 0.462 e. The Labute approximate surface area is 440 Å². The molecule has 6 nitrogen and oxygen atoms in total. The van der Waals surface area contributed by atoms with Crippen molar-refractivity contribution in [3.63, 3.8) is 0 Å². The molecular formula is C65H116O6. The monoisotopic (exact) mass is 993 g/mol. The molecule has 0 bridgehead atoms. The number of allylic oxidation sites excluding steroid dienone is 10. The molecule has 0 heterocycles. The van der Waals surface area contributed by atoms with E-state index >= 15 is 0 Å². The average molecular weight is 994 g/mol. The van der Waals surface area contributed by atoms with E-state index in [9.17, 15) is 14.4 Å². The Kier molecular flexibility index (Phi) is 57.2. The molecule has 0 aromatic rings. The van der Waals surface area contributed by atoms with Crippen LogP contribution in [0.4, 0.5) is 0 Å². The summed E-state index contributed by atoms with van der Waals surface area (Å²) in [4.78, 5) is 38.2. The van der Waals surface area contributed by atoms with E-state index in [1.165, 1.54) is 186 Å². The second kappa shape index (κ2) is 59.7. The molecule has 0 aliphatic heterocycles. The van der Waals surface area contributed by atoms with Gasteiger partial charge in [-0.05, 0) is 89.9 Å². The highest BCUT2D eigenvalue weighted by Gasteiger charge is 2.19. The normalized spacial score (nSPS) is 12.4. The van der Waals surface area contributed by atoms with Crippen LogP contribution < -0.4 is 0 Å². The predicted molar refractivity (Wildman–Crippen MR) is 307 cm³/mol. The number of carbonyl (C=O) groups excluding carboxylic acids is 3. The molecule has 0 spiro atoms. The molecular weight excluding hydrogens is 877 g/mol. The van der Waals surface area contributed by atoms with E-state index < -0.39 is 6.10 Å². The topological polar surface area (TPSA) is 78.9 Å². The van der Waals surface area contributed by atoms with Crippen molar-refractivity contribution in [3.8, 4) is 0 Å². The Balaban J connectivity index is 4.37. The number of hydrogen-bond acceptors (Lipinski definition) is 6. The van der Waals surface area contributed by atoms with Crippen LogP contribution in [-0.4, -0.2) is 37.2 Å². The van der Waals surface area contributed by atoms with E-state index in [4.69, 9.17) is 14.2 Å². The second-order valence-electron chi connectivity index (χ2n) is 20.6. The summed E-state index contributed by atoms with van der Waals surface area (Å²) in [5, 5.41) is 0. The SMILES string of the molecule is CCCCC/C=C\C/C=C\C/C=C\C/C=C\CCCCCC(=O)OC[C@H](COC(=O)CCCCCCC/C=C\CCCCCC)OC(=O)CCCCCCCCCCCCCCCCCCCCCCC. The van der Waals surface area contributed by atoms with Crippen molar-refractivity contribution in [2.24, 2.45) is 0 Å². The van der Waals surface area contributed by atoms with Crippen LogP contribution in [0, 0.1) is 0 Å². The molecule has 0 saturated heterocycles. The maximum Gasteiger partial charge on any atom is 0.306 e. The van der Waals surface area contributed by atoms with Crippen LogP contribution in [0.1, 0.15) is 316 Å². The summed E-state index contributed by atoms with van der Waals surface area (Å²) < 4.78 is 16.9. The third-order valence-electron chi connectivity index (χ3n) is 13.5. The van der Waals surface area contributed by atoms with Crippen molar-refractivity contribution < 1.29 is 28.6 Å². The minimum absolute atomic E-state index is 0.0863. The fourth-order valence-electron chi connectivity index (χ4n) is 8.83. The van der Waals surface area contributed by atoms with Gasteiger partial charge in [0.25, 0.3) is 0 Å². The zero-order chi connectivity index (χ0) is 51.4. The van der Waals surface area contributed by atoms with Crippen molar-refractivity contribution >= 4 is 17.9 Å². The van der Waals surface area contributed by atoms with Crippen LogP contribution in [0.5, 0.6) is 0 Å². The summed E-state index contributed by atoms with van der Waals surface area (Å²) in [6, 6.07) is 0. The van der Waals surface area contributed by atoms with Crippen molar-refractivity contribution in [1.29, 1.82) is 0 Å². The first-order valence-electron chi connectivity index (χ1n) is 30.8. The van der Waals surface area contributed by atoms with Crippen molar-refractivity contribution in [2.75, 3.05) is 13.2 Å². The Hall–Kier alpha value is -2.89. The van der Waals surface area contributed by atoms with Crippen LogP contribution in [0.2, 0.25) is 0 Å². The van der Waals surface area contributed by atoms with Gasteiger partial charge < -0.3 is 14.2 Å². The molecule has 0 rings (SSSR count). The Bertz CT molecular complexity index is 1280. The maximum absolute atomic E-state index is 12.9. The van der Waals surface area contributed by atoms with Gasteiger partial charge in [0.1, 0.15) is 13.2 Å². The number of unbranched alkanes of at least 4 members (excludes halogenated alkanes) is 35. The third kappa shape index (κ3) is 57.9. The van der Waals surface area contributed by atoms with E-state index in [1.54, 1.807) is 0 Å². The molecule has 0 unspecified atom stereocenters. The lowest BCUT2D eigenvalue weighted by atomic mass is 10.0. The van der Waals surface area contributed by atoms with Gasteiger partial charge in [0.15, 0.2) is 6.10 Å². The van der Waals surface area contributed by atoms with Gasteiger partial charge in [-0.25, -0.2) is 0 Å². The van der Waals surface area contributed by atoms with E-state index in [0.29, 0.717) is 19.3 Å². The molecule has 0 saturated carbocycles. The third-order valence-corrected chi connectivity index (χ3v) is 13.5. The van der Waals surface area contributed by atoms with Gasteiger partial charge in [0.2, 0.25) is 0 Å². The molecule has 71 heavy (non-hydrogen) atoms. The van der Waals surface area contributed by atoms with Crippen molar-refractivity contribution in [3.05, 3.63) is 60.8 Å². The van der Waals surface area contributed by atoms with Crippen LogP contribution in [0.15, 0.2) is 60.8 Å². The van der Waals surface area contributed by atoms with Gasteiger partial charge in [0, 0.05) is 19.3 Å². The lowest BCUT2D eigenvalue weighted by Crippen LogP contribution is -2.30. The van der Waals surface area contributed by atoms with Gasteiger partial charge in [0.05, 0.1) is 0 Å². The lowest BCUT2D eigenvalue weighted by Gasteiger charge is -2.18. The Morgan fingerprint density at radius 2 is 0.507 bits per heavy atom. The van der Waals surface area contributed by atoms with Crippen LogP contribution in [0.25, 0.3) is 0 Å². The molecule has 0 aliphatic rings. The first-order valence-corrected chi connectivity index (χ1v) is 30.8. The molecule has 1 atom stereocenters. The Morgan fingerprint density at radius 3 is 0.859 bits per heavy atom. The van der Waals surface area contributed by atoms with Crippen molar-refractivity contribution in [1.82, 2.24) is 0 Å². The average Bonchev–Trinajstić information content (AvgIpc) is 3.37. The minimum atomic E-state index is -0.789. The van der Waals surface area contributed by atoms with Gasteiger partial charge in [-0.1, -0.05) is 268 Å². The highest BCUT2D eigenvalue weighted by atomic mass is 16.6. The van der Waals surface area contributed by atoms with Crippen LogP contribution in [0.3, 0.4) is 0 Å². The smallest absolute Gasteiger partial charge is 0.306 e. The Morgan fingerprint density at radius 1 is 0.282 bits per heavy atom. The van der Waals surface area contributed by atoms with E-state index in [-0.39, 0.29) is 31.1 Å². The fourth-order valence-corrected chi connectivity index (χ4v) is 8.83. The van der Waals surface area contributed by atoms with E-state index in [2.05, 4.69) is 81.5 Å². The molecule has 0 fully saturated rings. The minimum Gasteiger partial charge on any atom is -0.462 e. The molecule has 0 aromatic heterocycles. The molecule has 0 radical (unpaired) electrons. The summed E-state index contributed by atoms with van der Waals surface area (Å²) >= 11 is 0. The summed E-state index contributed by atoms with van der Waals surface area (Å²) in [5.41, 5.74) is 0. The highest BCUT2D eigenvalue weighted by molar-refractivity contribution is 5.71. The molecule has 0 amide bonds. The molecule has 412 valence electrons. The number of ether oxygens (including phenoxy) is 3. The summed E-state index contributed by atoms with van der Waals surface area (Å²) in [5.74, 6) is -0.910. The quantitative estimate of drug-likeness (QED) is 0.0261. The highest BCUT2D eigenvalue weighted by Crippen LogP contribution is 2.17. The zero-order valence-corrected chi connectivity index (χ0v) is 47.2. The van der Waals surface area contributed by atoms with Crippen LogP contribution >= 0.6 is 0 Å². The van der Waals surface area contributed by atoms with E-state index in [0.717, 1.165) is 89.9 Å². The first kappa shape index (κ1) is 68.1. The van der Waals surface area contributed by atoms with Gasteiger partial charge in [-0.15, -0.1) is 0 Å². The predicted octanol–water partition coefficient (Wildman–Crippen LogP) is 20.8. The lowest BCUT2D eigenvalue weighted by molar-refractivity contribution is -0.167. The van der Waals surface area contributed by atoms with Gasteiger partial charge in [-0.3, -0.25) is 14.4 Å². The van der Waals surface area contributed by atoms with Crippen molar-refractivity contribution in [2.45, 2.75) is 322 Å². The molecule has 6 heteroatoms. The van der Waals surface area contributed by atoms with Gasteiger partial charge in [-0.2, -0.15) is 0 Å². The van der Waals surface area contributed by atoms with E-state index in [1.807, 2.05) is 0 Å². The molecule has 0 N–H and O–H groups in total. The second-order valence-corrected chi connectivity index (χ2v) is 20.6. The fraction of sp³-hybridized carbons (Fsp3) is 0.800. The number of esters is 3. The van der Waals surface area contributed by atoms with Gasteiger partial charge >= 0.3 is 17.9 Å². The zero-order valence-electron chi connectivity index (χ0n) is 47.2. The summed E-state index contributed by atoms with van der Waals surface area (Å²) in [7, 11) is 0. The number of hydrogen-bond donors (Lipinski definition) is 0. The number of carbonyl (C=O) groups is 3.